The molecule has 0 aliphatic carbocycles. The summed E-state index contributed by atoms with van der Waals surface area (Å²) in [5.41, 5.74) is 0. The zero-order valence-electron chi connectivity index (χ0n) is 12.1. The Labute approximate surface area is 102 Å². The highest BCUT2D eigenvalue weighted by Crippen LogP contribution is 2.50. The van der Waals surface area contributed by atoms with Crippen molar-refractivity contribution in [2.75, 3.05) is 0 Å². The fourth-order valence-corrected chi connectivity index (χ4v) is 7.76. The Morgan fingerprint density at radius 3 is 1.40 bits per heavy atom. The van der Waals surface area contributed by atoms with E-state index in [-0.39, 0.29) is 0 Å². The fraction of sp³-hybridized carbons (Fsp3) is 1.00. The first-order valence-corrected chi connectivity index (χ1v) is 9.19. The van der Waals surface area contributed by atoms with E-state index in [0.717, 1.165) is 11.8 Å². The van der Waals surface area contributed by atoms with Gasteiger partial charge in [0.05, 0.1) is 0 Å². The lowest BCUT2D eigenvalue weighted by Gasteiger charge is -2.45. The predicted molar refractivity (Wildman–Crippen MR) is 74.0 cm³/mol. The van der Waals surface area contributed by atoms with Crippen LogP contribution in [0.5, 0.6) is 0 Å². The highest BCUT2D eigenvalue weighted by molar-refractivity contribution is 6.62. The Morgan fingerprint density at radius 2 is 1.20 bits per heavy atom. The van der Waals surface area contributed by atoms with Gasteiger partial charge in [-0.25, -0.2) is 0 Å². The second-order valence-corrected chi connectivity index (χ2v) is 9.77. The number of hydrogen-bond acceptors (Lipinski definition) is 0. The molecular formula is C14H31Al. The first-order valence-electron chi connectivity index (χ1n) is 6.98. The third kappa shape index (κ3) is 3.24. The molecule has 0 nitrogen and oxygen atoms in total. The molecule has 0 radical (unpaired) electrons. The van der Waals surface area contributed by atoms with Crippen molar-refractivity contribution in [3.05, 3.63) is 0 Å². The van der Waals surface area contributed by atoms with Gasteiger partial charge in [-0.3, -0.25) is 0 Å². The van der Waals surface area contributed by atoms with E-state index in [2.05, 4.69) is 48.5 Å². The van der Waals surface area contributed by atoms with Crippen LogP contribution in [0.1, 0.15) is 61.3 Å². The molecule has 0 heterocycles. The Balaban J connectivity index is 4.98. The van der Waals surface area contributed by atoms with E-state index in [4.69, 9.17) is 0 Å². The average molecular weight is 226 g/mol. The van der Waals surface area contributed by atoms with E-state index >= 15 is 0 Å². The molecule has 0 saturated carbocycles. The van der Waals surface area contributed by atoms with E-state index < -0.39 is 14.1 Å². The molecule has 0 aliphatic heterocycles. The molecule has 90 valence electrons. The predicted octanol–water partition coefficient (Wildman–Crippen LogP) is 5.37. The standard InChI is InChI=1S/C10H21.2C2H5.Al/c1-6-8(3)10(5)9(4)7-2;2*1-2;/h8-9H,6-7H2,1-5H3;2*1H2,2H3;. The quantitative estimate of drug-likeness (QED) is 0.512. The largest absolute Gasteiger partial charge is 0.269 e. The van der Waals surface area contributed by atoms with Crippen LogP contribution in [-0.4, -0.2) is 14.1 Å². The molecule has 0 spiro atoms. The summed E-state index contributed by atoms with van der Waals surface area (Å²) in [6.45, 7) is 17.1. The summed E-state index contributed by atoms with van der Waals surface area (Å²) < 4.78 is 0.674. The average Bonchev–Trinajstić information content (AvgIpc) is 2.27. The molecule has 1 heteroatoms. The zero-order chi connectivity index (χ0) is 12.1. The van der Waals surface area contributed by atoms with E-state index in [9.17, 15) is 0 Å². The van der Waals surface area contributed by atoms with Crippen LogP contribution in [-0.2, 0) is 0 Å². The van der Waals surface area contributed by atoms with Crippen molar-refractivity contribution in [1.82, 2.24) is 0 Å². The molecule has 0 aliphatic rings. The van der Waals surface area contributed by atoms with Crippen molar-refractivity contribution in [2.45, 2.75) is 76.2 Å². The van der Waals surface area contributed by atoms with Crippen LogP contribution < -0.4 is 0 Å². The van der Waals surface area contributed by atoms with Gasteiger partial charge in [-0.1, -0.05) is 88.0 Å². The van der Waals surface area contributed by atoms with E-state index in [1.54, 1.807) is 0 Å². The maximum Gasteiger partial charge on any atom is 0.269 e. The van der Waals surface area contributed by atoms with Crippen LogP contribution in [0.15, 0.2) is 0 Å². The second-order valence-electron chi connectivity index (χ2n) is 5.50. The topological polar surface area (TPSA) is 0 Å². The Bertz CT molecular complexity index is 151. The van der Waals surface area contributed by atoms with Crippen LogP contribution in [0.3, 0.4) is 0 Å². The van der Waals surface area contributed by atoms with Crippen molar-refractivity contribution in [1.29, 1.82) is 0 Å². The number of hydrogen-bond donors (Lipinski definition) is 0. The van der Waals surface area contributed by atoms with Crippen LogP contribution in [0.25, 0.3) is 0 Å². The fourth-order valence-electron chi connectivity index (χ4n) is 3.34. The SMILES string of the molecule is CCC(C)[C](C)(C(C)CC)[Al]([CH2]C)[CH2]C. The van der Waals surface area contributed by atoms with Gasteiger partial charge in [0, 0.05) is 0 Å². The monoisotopic (exact) mass is 226 g/mol. The van der Waals surface area contributed by atoms with Crippen LogP contribution >= 0.6 is 0 Å². The molecule has 0 N–H and O–H groups in total. The molecule has 0 amide bonds. The Morgan fingerprint density at radius 1 is 0.867 bits per heavy atom. The van der Waals surface area contributed by atoms with Crippen molar-refractivity contribution in [2.24, 2.45) is 11.8 Å². The first-order chi connectivity index (χ1) is 6.98. The molecule has 0 bridgehead atoms. The van der Waals surface area contributed by atoms with Crippen molar-refractivity contribution < 1.29 is 0 Å². The smallest absolute Gasteiger partial charge is 0.0964 e. The summed E-state index contributed by atoms with van der Waals surface area (Å²) in [6, 6.07) is 0. The highest BCUT2D eigenvalue weighted by atomic mass is 27.2. The lowest BCUT2D eigenvalue weighted by molar-refractivity contribution is 0.277. The normalized spacial score (nSPS) is 19.4. The summed E-state index contributed by atoms with van der Waals surface area (Å²) in [7, 11) is 0. The summed E-state index contributed by atoms with van der Waals surface area (Å²) in [5.74, 6) is 1.81. The molecule has 2 unspecified atom stereocenters. The van der Waals surface area contributed by atoms with Crippen LogP contribution in [0.2, 0.25) is 14.8 Å². The Hall–Kier alpha value is 0.532. The van der Waals surface area contributed by atoms with E-state index in [1.165, 1.54) is 23.4 Å². The minimum atomic E-state index is -0.573. The van der Waals surface area contributed by atoms with Gasteiger partial charge in [-0.15, -0.1) is 0 Å². The minimum absolute atomic E-state index is 0.573. The summed E-state index contributed by atoms with van der Waals surface area (Å²) >= 11 is -0.573. The second kappa shape index (κ2) is 6.98. The molecule has 0 aromatic rings. The third-order valence-corrected chi connectivity index (χ3v) is 10.1. The van der Waals surface area contributed by atoms with Gasteiger partial charge >= 0.3 is 0 Å². The van der Waals surface area contributed by atoms with Crippen molar-refractivity contribution in [3.8, 4) is 0 Å². The van der Waals surface area contributed by atoms with E-state index in [0.29, 0.717) is 4.28 Å². The lowest BCUT2D eigenvalue weighted by Crippen LogP contribution is -2.39. The van der Waals surface area contributed by atoms with Gasteiger partial charge in [-0.05, 0) is 0 Å². The molecule has 0 fully saturated rings. The maximum atomic E-state index is 2.60. The van der Waals surface area contributed by atoms with Gasteiger partial charge in [-0.2, -0.15) is 0 Å². The van der Waals surface area contributed by atoms with Crippen molar-refractivity contribution >= 4 is 14.1 Å². The minimum Gasteiger partial charge on any atom is -0.0964 e. The molecule has 0 aromatic heterocycles. The van der Waals surface area contributed by atoms with Gasteiger partial charge in [0.15, 0.2) is 0 Å². The first kappa shape index (κ1) is 15.5. The highest BCUT2D eigenvalue weighted by Gasteiger charge is 2.43. The lowest BCUT2D eigenvalue weighted by atomic mass is 9.81. The summed E-state index contributed by atoms with van der Waals surface area (Å²) in [5, 5.41) is 2.95. The molecule has 0 rings (SSSR count). The van der Waals surface area contributed by atoms with Crippen molar-refractivity contribution in [3.63, 3.8) is 0 Å². The molecule has 2 atom stereocenters. The zero-order valence-corrected chi connectivity index (χ0v) is 13.2. The van der Waals surface area contributed by atoms with Crippen LogP contribution in [0, 0.1) is 11.8 Å². The molecule has 0 saturated heterocycles. The summed E-state index contributed by atoms with van der Waals surface area (Å²) in [6.07, 6.45) is 2.70. The van der Waals surface area contributed by atoms with Crippen LogP contribution in [0.4, 0.5) is 0 Å². The van der Waals surface area contributed by atoms with Gasteiger partial charge in [0.25, 0.3) is 14.1 Å². The van der Waals surface area contributed by atoms with Gasteiger partial charge in [0.2, 0.25) is 0 Å². The van der Waals surface area contributed by atoms with Gasteiger partial charge in [0.1, 0.15) is 0 Å². The maximum absolute atomic E-state index is 2.60. The molecule has 15 heavy (non-hydrogen) atoms. The number of rotatable bonds is 7. The summed E-state index contributed by atoms with van der Waals surface area (Å²) in [4.78, 5) is 0. The molecule has 0 aromatic carbocycles. The van der Waals surface area contributed by atoms with E-state index in [1.807, 2.05) is 0 Å². The van der Waals surface area contributed by atoms with Gasteiger partial charge < -0.3 is 0 Å². The molecular weight excluding hydrogens is 195 g/mol. The Kier molecular flexibility index (Phi) is 7.22. The third-order valence-electron chi connectivity index (χ3n) is 5.21.